The van der Waals surface area contributed by atoms with E-state index in [9.17, 15) is 29.7 Å². The Morgan fingerprint density at radius 1 is 1.12 bits per heavy atom. The maximum Gasteiger partial charge on any atom is 0.309 e. The second-order valence-electron chi connectivity index (χ2n) is 13.6. The average Bonchev–Trinajstić information content (AvgIpc) is 3.16. The van der Waals surface area contributed by atoms with Gasteiger partial charge in [0.1, 0.15) is 23.1 Å². The van der Waals surface area contributed by atoms with E-state index in [1.165, 1.54) is 0 Å². The Hall–Kier alpha value is -1.91. The van der Waals surface area contributed by atoms with Crippen LogP contribution in [0.1, 0.15) is 73.6 Å². The fourth-order valence-corrected chi connectivity index (χ4v) is 9.86. The highest BCUT2D eigenvalue weighted by Gasteiger charge is 2.86. The summed E-state index contributed by atoms with van der Waals surface area (Å²) >= 11 is 0. The first-order chi connectivity index (χ1) is 18.6. The van der Waals surface area contributed by atoms with Crippen molar-refractivity contribution in [1.29, 1.82) is 0 Å². The van der Waals surface area contributed by atoms with Gasteiger partial charge in [0.15, 0.2) is 5.78 Å². The number of esters is 1. The van der Waals surface area contributed by atoms with Crippen molar-refractivity contribution < 1.29 is 43.9 Å². The average molecular weight is 559 g/mol. The summed E-state index contributed by atoms with van der Waals surface area (Å²) in [6.45, 7) is 10.8. The third-order valence-corrected chi connectivity index (χ3v) is 12.3. The van der Waals surface area contributed by atoms with Crippen LogP contribution in [-0.2, 0) is 28.6 Å². The van der Waals surface area contributed by atoms with Crippen LogP contribution in [0.15, 0.2) is 23.8 Å². The number of fused-ring (bicyclic) bond motifs is 8. The summed E-state index contributed by atoms with van der Waals surface area (Å²) in [5.74, 6) is -7.49. The molecule has 12 atom stereocenters. The molecule has 3 saturated heterocycles. The summed E-state index contributed by atoms with van der Waals surface area (Å²) in [7, 11) is 0. The van der Waals surface area contributed by atoms with Gasteiger partial charge in [-0.3, -0.25) is 14.4 Å². The smallest absolute Gasteiger partial charge is 0.309 e. The zero-order valence-corrected chi connectivity index (χ0v) is 24.2. The third-order valence-electron chi connectivity index (χ3n) is 12.3. The number of hydrogen-bond donors (Lipinski definition) is 3. The van der Waals surface area contributed by atoms with Gasteiger partial charge in [-0.25, -0.2) is 0 Å². The van der Waals surface area contributed by atoms with Gasteiger partial charge in [0.25, 0.3) is 0 Å². The molecule has 9 nitrogen and oxygen atoms in total. The van der Waals surface area contributed by atoms with Crippen molar-refractivity contribution >= 4 is 17.5 Å². The van der Waals surface area contributed by atoms with E-state index in [2.05, 4.69) is 0 Å². The van der Waals surface area contributed by atoms with Gasteiger partial charge in [-0.05, 0) is 63.4 Å². The topological polar surface area (TPSA) is 140 Å². The number of allylic oxidation sites excluding steroid dienone is 3. The fourth-order valence-electron chi connectivity index (χ4n) is 9.86. The van der Waals surface area contributed by atoms with Gasteiger partial charge in [0.2, 0.25) is 5.79 Å². The lowest BCUT2D eigenvalue weighted by molar-refractivity contribution is -0.390. The van der Waals surface area contributed by atoms with Gasteiger partial charge in [-0.15, -0.1) is 0 Å². The highest BCUT2D eigenvalue weighted by molar-refractivity contribution is 5.96. The SMILES string of the molecule is CCO[C@@]1(C)[C@H]2CC(C)(C3C(=O)[C@]4(O)O[C@@]31[C@](O)(CC)CCC1C4[C@H](O)C=C3C=CCC(=O)[C@@]31C)[C@H](C)C(=O)O2. The minimum absolute atomic E-state index is 0.0699. The second-order valence-corrected chi connectivity index (χ2v) is 13.6. The number of aliphatic hydroxyl groups excluding tert-OH is 1. The molecule has 1 spiro atoms. The van der Waals surface area contributed by atoms with Crippen molar-refractivity contribution in [3.8, 4) is 0 Å². The Morgan fingerprint density at radius 2 is 1.82 bits per heavy atom. The molecule has 0 radical (unpaired) electrons. The van der Waals surface area contributed by atoms with Crippen molar-refractivity contribution in [2.24, 2.45) is 34.5 Å². The monoisotopic (exact) mass is 558 g/mol. The molecule has 0 aromatic carbocycles. The lowest BCUT2D eigenvalue weighted by Gasteiger charge is -2.67. The highest BCUT2D eigenvalue weighted by Crippen LogP contribution is 2.71. The number of Topliss-reactive ketones (excluding diaryl/α,β-unsaturated/α-hetero) is 2. The van der Waals surface area contributed by atoms with Gasteiger partial charge < -0.3 is 29.5 Å². The predicted molar refractivity (Wildman–Crippen MR) is 141 cm³/mol. The Bertz CT molecular complexity index is 1240. The zero-order valence-electron chi connectivity index (χ0n) is 24.2. The quantitative estimate of drug-likeness (QED) is 0.446. The van der Waals surface area contributed by atoms with Crippen LogP contribution >= 0.6 is 0 Å². The largest absolute Gasteiger partial charge is 0.459 e. The van der Waals surface area contributed by atoms with E-state index >= 15 is 0 Å². The lowest BCUT2D eigenvalue weighted by atomic mass is 9.45. The molecular weight excluding hydrogens is 516 g/mol. The Balaban J connectivity index is 1.66. The first-order valence-electron chi connectivity index (χ1n) is 14.8. The van der Waals surface area contributed by atoms with Gasteiger partial charge >= 0.3 is 5.97 Å². The Labute approximate surface area is 234 Å². The van der Waals surface area contributed by atoms with Gasteiger partial charge in [-0.2, -0.15) is 0 Å². The minimum Gasteiger partial charge on any atom is -0.459 e. The molecule has 0 aromatic heterocycles. The molecule has 0 aromatic rings. The number of aliphatic hydroxyl groups is 3. The molecule has 3 heterocycles. The van der Waals surface area contributed by atoms with Crippen LogP contribution in [0.2, 0.25) is 0 Å². The molecular formula is C31H42O9. The van der Waals surface area contributed by atoms with Crippen molar-refractivity contribution in [1.82, 2.24) is 0 Å². The maximum atomic E-state index is 14.9. The third kappa shape index (κ3) is 2.89. The molecule has 9 heteroatoms. The van der Waals surface area contributed by atoms with Gasteiger partial charge in [0, 0.05) is 13.0 Å². The molecule has 3 aliphatic carbocycles. The van der Waals surface area contributed by atoms with Crippen LogP contribution in [0.4, 0.5) is 0 Å². The predicted octanol–water partition coefficient (Wildman–Crippen LogP) is 2.40. The molecule has 3 aliphatic heterocycles. The number of ketones is 2. The molecule has 6 rings (SSSR count). The lowest BCUT2D eigenvalue weighted by Crippen LogP contribution is -2.81. The van der Waals surface area contributed by atoms with E-state index in [1.807, 2.05) is 19.9 Å². The molecule has 6 aliphatic rings. The van der Waals surface area contributed by atoms with E-state index in [4.69, 9.17) is 14.2 Å². The minimum atomic E-state index is -2.55. The Kier molecular flexibility index (Phi) is 5.89. The fraction of sp³-hybridized carbons (Fsp3) is 0.774. The summed E-state index contributed by atoms with van der Waals surface area (Å²) in [5, 5.41) is 37.0. The number of rotatable bonds is 3. The van der Waals surface area contributed by atoms with Gasteiger partial charge in [0.05, 0.1) is 34.9 Å². The van der Waals surface area contributed by atoms with Crippen molar-refractivity contribution in [2.75, 3.05) is 6.61 Å². The van der Waals surface area contributed by atoms with Crippen LogP contribution < -0.4 is 0 Å². The number of hydrogen-bond acceptors (Lipinski definition) is 9. The molecule has 3 N–H and O–H groups in total. The molecule has 4 unspecified atom stereocenters. The first kappa shape index (κ1) is 28.2. The molecule has 40 heavy (non-hydrogen) atoms. The van der Waals surface area contributed by atoms with Crippen LogP contribution in [0, 0.1) is 34.5 Å². The Morgan fingerprint density at radius 3 is 2.48 bits per heavy atom. The van der Waals surface area contributed by atoms with Gasteiger partial charge in [-0.1, -0.05) is 39.0 Å². The summed E-state index contributed by atoms with van der Waals surface area (Å²) in [6, 6.07) is 0. The van der Waals surface area contributed by atoms with Crippen LogP contribution in [-0.4, -0.2) is 74.3 Å². The summed E-state index contributed by atoms with van der Waals surface area (Å²) < 4.78 is 19.1. The van der Waals surface area contributed by atoms with E-state index in [1.54, 1.807) is 39.8 Å². The second kappa shape index (κ2) is 8.34. The standard InChI is InChI=1S/C31H42O9/c1-7-29(36)13-12-18-22(19(32)14-17-10-9-11-20(33)27(17,18)5)30(37)24(34)23-26(4)15-21(39-25(35)16(26)3)28(6,38-8-2)31(23,29)40-30/h9-10,14,16,18-19,21-23,32,36-37H,7-8,11-13,15H2,1-6H3/t16-,18?,19-,21-,22?,23?,26?,27+,28+,29+,30-,31+/m1/s1. The molecule has 4 bridgehead atoms. The van der Waals surface area contributed by atoms with Crippen molar-refractivity contribution in [2.45, 2.75) is 108 Å². The molecule has 0 amide bonds. The molecule has 4 fully saturated rings. The van der Waals surface area contributed by atoms with E-state index in [0.717, 1.165) is 0 Å². The summed E-state index contributed by atoms with van der Waals surface area (Å²) in [5.41, 5.74) is -6.46. The number of ether oxygens (including phenoxy) is 3. The van der Waals surface area contributed by atoms with E-state index < -0.39 is 81.1 Å². The summed E-state index contributed by atoms with van der Waals surface area (Å²) in [4.78, 5) is 41.7. The van der Waals surface area contributed by atoms with Crippen LogP contribution in [0.25, 0.3) is 0 Å². The first-order valence-corrected chi connectivity index (χ1v) is 14.8. The highest BCUT2D eigenvalue weighted by atomic mass is 16.7. The van der Waals surface area contributed by atoms with Crippen LogP contribution in [0.5, 0.6) is 0 Å². The number of carbonyl (C=O) groups is 3. The zero-order chi connectivity index (χ0) is 29.3. The van der Waals surface area contributed by atoms with Crippen LogP contribution in [0.3, 0.4) is 0 Å². The van der Waals surface area contributed by atoms with E-state index in [0.29, 0.717) is 5.57 Å². The summed E-state index contributed by atoms with van der Waals surface area (Å²) in [6.07, 6.45) is 4.05. The molecule has 220 valence electrons. The van der Waals surface area contributed by atoms with Crippen molar-refractivity contribution in [3.05, 3.63) is 23.8 Å². The normalized spacial score (nSPS) is 54.9. The molecule has 1 saturated carbocycles. The van der Waals surface area contributed by atoms with Crippen molar-refractivity contribution in [3.63, 3.8) is 0 Å². The number of carbonyl (C=O) groups excluding carboxylic acids is 3. The van der Waals surface area contributed by atoms with E-state index in [-0.39, 0.29) is 44.5 Å². The maximum absolute atomic E-state index is 14.9.